The average Bonchev–Trinajstić information content (AvgIpc) is 2.48. The number of Topliss-reactive ketones (excluding diaryl/α,β-unsaturated/α-hetero) is 1. The number of rotatable bonds is 2. The van der Waals surface area contributed by atoms with Crippen LogP contribution in [-0.4, -0.2) is 5.78 Å². The summed E-state index contributed by atoms with van der Waals surface area (Å²) in [4.78, 5) is 11.7. The van der Waals surface area contributed by atoms with Gasteiger partial charge >= 0.3 is 0 Å². The van der Waals surface area contributed by atoms with Crippen molar-refractivity contribution in [2.75, 3.05) is 0 Å². The molecule has 2 aromatic carbocycles. The fourth-order valence-corrected chi connectivity index (χ4v) is 3.29. The smallest absolute Gasteiger partial charge is 0.133 e. The normalized spacial score (nSPS) is 20.6. The van der Waals surface area contributed by atoms with Crippen LogP contribution < -0.4 is 0 Å². The van der Waals surface area contributed by atoms with E-state index in [9.17, 15) is 10.1 Å². The summed E-state index contributed by atoms with van der Waals surface area (Å²) in [6.45, 7) is 0. The minimum atomic E-state index is -0.176. The highest BCUT2D eigenvalue weighted by Crippen LogP contribution is 2.37. The summed E-state index contributed by atoms with van der Waals surface area (Å²) < 4.78 is 0. The second-order valence-corrected chi connectivity index (χ2v) is 5.57. The van der Waals surface area contributed by atoms with Gasteiger partial charge in [-0.1, -0.05) is 42.5 Å². The van der Waals surface area contributed by atoms with E-state index in [1.54, 1.807) is 0 Å². The summed E-state index contributed by atoms with van der Waals surface area (Å²) in [6, 6.07) is 16.7. The van der Waals surface area contributed by atoms with Crippen LogP contribution in [0, 0.1) is 17.2 Å². The third-order valence-corrected chi connectivity index (χ3v) is 4.29. The number of carbonyl (C=O) groups excluding carboxylic acids is 1. The lowest BCUT2D eigenvalue weighted by Crippen LogP contribution is -2.21. The van der Waals surface area contributed by atoms with Crippen molar-refractivity contribution in [2.24, 2.45) is 5.92 Å². The van der Waals surface area contributed by atoms with Crippen LogP contribution in [0.1, 0.15) is 37.2 Å². The van der Waals surface area contributed by atoms with Gasteiger partial charge in [-0.2, -0.15) is 5.26 Å². The molecule has 2 nitrogen and oxygen atoms in total. The summed E-state index contributed by atoms with van der Waals surface area (Å²) in [5.74, 6) is 0.305. The molecule has 2 unspecified atom stereocenters. The van der Waals surface area contributed by atoms with Gasteiger partial charge in [0, 0.05) is 12.8 Å². The number of nitriles is 1. The zero-order chi connectivity index (χ0) is 13.9. The molecule has 0 radical (unpaired) electrons. The van der Waals surface area contributed by atoms with Crippen LogP contribution >= 0.6 is 0 Å². The van der Waals surface area contributed by atoms with Gasteiger partial charge < -0.3 is 0 Å². The Morgan fingerprint density at radius 1 is 1.15 bits per heavy atom. The molecule has 2 heteroatoms. The first-order chi connectivity index (χ1) is 9.79. The van der Waals surface area contributed by atoms with Crippen molar-refractivity contribution in [2.45, 2.75) is 31.6 Å². The molecule has 1 aliphatic rings. The number of nitrogens with zero attached hydrogens (tertiary/aromatic N) is 1. The van der Waals surface area contributed by atoms with E-state index < -0.39 is 0 Å². The highest BCUT2D eigenvalue weighted by atomic mass is 16.1. The minimum Gasteiger partial charge on any atom is -0.300 e. The zero-order valence-corrected chi connectivity index (χ0v) is 11.4. The molecule has 100 valence electrons. The Bertz CT molecular complexity index is 678. The number of benzene rings is 2. The van der Waals surface area contributed by atoms with Gasteiger partial charge in [-0.05, 0) is 35.1 Å². The van der Waals surface area contributed by atoms with Crippen molar-refractivity contribution in [1.82, 2.24) is 0 Å². The predicted molar refractivity (Wildman–Crippen MR) is 79.3 cm³/mol. The lowest BCUT2D eigenvalue weighted by molar-refractivity contribution is -0.121. The van der Waals surface area contributed by atoms with Gasteiger partial charge in [0.15, 0.2) is 0 Å². The second-order valence-electron chi connectivity index (χ2n) is 5.57. The van der Waals surface area contributed by atoms with Gasteiger partial charge in [0.2, 0.25) is 0 Å². The maximum absolute atomic E-state index is 11.7. The van der Waals surface area contributed by atoms with Crippen LogP contribution in [0.4, 0.5) is 0 Å². The average molecular weight is 263 g/mol. The van der Waals surface area contributed by atoms with Crippen LogP contribution in [-0.2, 0) is 4.79 Å². The largest absolute Gasteiger partial charge is 0.300 e. The Morgan fingerprint density at radius 2 is 1.95 bits per heavy atom. The predicted octanol–water partition coefficient (Wildman–Crippen LogP) is 4.21. The van der Waals surface area contributed by atoms with E-state index in [1.807, 2.05) is 24.3 Å². The SMILES string of the molecule is N#CC(c1cccc2ccccc12)C1CCCC(=O)C1. The van der Waals surface area contributed by atoms with E-state index >= 15 is 0 Å². The summed E-state index contributed by atoms with van der Waals surface area (Å²) in [5.41, 5.74) is 1.07. The molecule has 0 aromatic heterocycles. The Balaban J connectivity index is 2.03. The van der Waals surface area contributed by atoms with E-state index in [0.717, 1.165) is 29.2 Å². The van der Waals surface area contributed by atoms with E-state index in [0.29, 0.717) is 18.6 Å². The molecule has 0 spiro atoms. The van der Waals surface area contributed by atoms with Crippen molar-refractivity contribution in [3.05, 3.63) is 48.0 Å². The molecule has 1 saturated carbocycles. The van der Waals surface area contributed by atoms with Crippen molar-refractivity contribution >= 4 is 16.6 Å². The standard InChI is InChI=1S/C18H17NO/c19-12-18(14-7-3-8-15(20)11-14)17-10-4-6-13-5-1-2-9-16(13)17/h1-2,4-6,9-10,14,18H,3,7-8,11H2. The monoisotopic (exact) mass is 263 g/mol. The first-order valence-corrected chi connectivity index (χ1v) is 7.18. The fraction of sp³-hybridized carbons (Fsp3) is 0.333. The topological polar surface area (TPSA) is 40.9 Å². The highest BCUT2D eigenvalue weighted by Gasteiger charge is 2.29. The molecule has 0 bridgehead atoms. The van der Waals surface area contributed by atoms with Crippen molar-refractivity contribution in [3.63, 3.8) is 0 Å². The highest BCUT2D eigenvalue weighted by molar-refractivity contribution is 5.86. The number of hydrogen-bond acceptors (Lipinski definition) is 2. The minimum absolute atomic E-state index is 0.173. The van der Waals surface area contributed by atoms with E-state index in [4.69, 9.17) is 0 Å². The molecule has 3 rings (SSSR count). The van der Waals surface area contributed by atoms with E-state index in [1.165, 1.54) is 0 Å². The summed E-state index contributed by atoms with van der Waals surface area (Å²) >= 11 is 0. The summed E-state index contributed by atoms with van der Waals surface area (Å²) in [5, 5.41) is 11.9. The molecule has 1 fully saturated rings. The van der Waals surface area contributed by atoms with Gasteiger partial charge in [0.05, 0.1) is 12.0 Å². The van der Waals surface area contributed by atoms with Crippen LogP contribution in [0.25, 0.3) is 10.8 Å². The van der Waals surface area contributed by atoms with Crippen molar-refractivity contribution in [1.29, 1.82) is 5.26 Å². The van der Waals surface area contributed by atoms with Gasteiger partial charge in [-0.25, -0.2) is 0 Å². The number of hydrogen-bond donors (Lipinski definition) is 0. The molecule has 0 aliphatic heterocycles. The molecule has 0 amide bonds. The van der Waals surface area contributed by atoms with Gasteiger partial charge in [0.1, 0.15) is 5.78 Å². The Kier molecular flexibility index (Phi) is 3.52. The molecular formula is C18H17NO. The fourth-order valence-electron chi connectivity index (χ4n) is 3.29. The summed E-state index contributed by atoms with van der Waals surface area (Å²) in [7, 11) is 0. The third-order valence-electron chi connectivity index (χ3n) is 4.29. The maximum atomic E-state index is 11.7. The maximum Gasteiger partial charge on any atom is 0.133 e. The molecule has 0 saturated heterocycles. The van der Waals surface area contributed by atoms with Crippen LogP contribution in [0.3, 0.4) is 0 Å². The lowest BCUT2D eigenvalue weighted by Gasteiger charge is -2.26. The molecule has 2 atom stereocenters. The van der Waals surface area contributed by atoms with Gasteiger partial charge in [0.25, 0.3) is 0 Å². The van der Waals surface area contributed by atoms with Crippen molar-refractivity contribution in [3.8, 4) is 6.07 Å². The Labute approximate surface area is 119 Å². The van der Waals surface area contributed by atoms with E-state index in [2.05, 4.69) is 24.3 Å². The van der Waals surface area contributed by atoms with E-state index in [-0.39, 0.29) is 11.8 Å². The zero-order valence-electron chi connectivity index (χ0n) is 11.4. The Morgan fingerprint density at radius 3 is 2.75 bits per heavy atom. The van der Waals surface area contributed by atoms with Crippen LogP contribution in [0.5, 0.6) is 0 Å². The molecule has 0 N–H and O–H groups in total. The number of carbonyl (C=O) groups is 1. The summed E-state index contributed by atoms with van der Waals surface area (Å²) in [6.07, 6.45) is 3.14. The lowest BCUT2D eigenvalue weighted by atomic mass is 9.76. The number of fused-ring (bicyclic) bond motifs is 1. The van der Waals surface area contributed by atoms with Crippen LogP contribution in [0.15, 0.2) is 42.5 Å². The first-order valence-electron chi connectivity index (χ1n) is 7.18. The number of ketones is 1. The molecule has 2 aromatic rings. The first kappa shape index (κ1) is 12.9. The van der Waals surface area contributed by atoms with Gasteiger partial charge in [-0.15, -0.1) is 0 Å². The Hall–Kier alpha value is -2.14. The second kappa shape index (κ2) is 5.46. The molecule has 0 heterocycles. The molecule has 20 heavy (non-hydrogen) atoms. The van der Waals surface area contributed by atoms with Crippen LogP contribution in [0.2, 0.25) is 0 Å². The van der Waals surface area contributed by atoms with Gasteiger partial charge in [-0.3, -0.25) is 4.79 Å². The van der Waals surface area contributed by atoms with Crippen molar-refractivity contribution < 1.29 is 4.79 Å². The quantitative estimate of drug-likeness (QED) is 0.814. The molecule has 1 aliphatic carbocycles. The third kappa shape index (κ3) is 2.32. The molecular weight excluding hydrogens is 246 g/mol.